The number of aryl methyl sites for hydroxylation is 2. The van der Waals surface area contributed by atoms with E-state index in [4.69, 9.17) is 5.84 Å². The minimum Gasteiger partial charge on any atom is -0.304 e. The van der Waals surface area contributed by atoms with E-state index in [1.54, 1.807) is 0 Å². The highest BCUT2D eigenvalue weighted by atomic mass is 79.9. The summed E-state index contributed by atoms with van der Waals surface area (Å²) in [6, 6.07) is 0.785. The van der Waals surface area contributed by atoms with Gasteiger partial charge in [-0.05, 0) is 43.4 Å². The molecular weight excluding hydrogens is 332 g/mol. The predicted octanol–water partition coefficient (Wildman–Crippen LogP) is 0.501. The lowest BCUT2D eigenvalue weighted by molar-refractivity contribution is 0.101. The van der Waals surface area contributed by atoms with Gasteiger partial charge < -0.3 is 9.80 Å². The van der Waals surface area contributed by atoms with E-state index >= 15 is 0 Å². The molecule has 120 valence electrons. The number of nitrogens with zero attached hydrogens (tertiary/aromatic N) is 4. The van der Waals surface area contributed by atoms with Crippen LogP contribution in [0.1, 0.15) is 17.8 Å². The number of nitrogens with one attached hydrogen (secondary N) is 1. The summed E-state index contributed by atoms with van der Waals surface area (Å²) in [5, 5.41) is 4.45. The second kappa shape index (κ2) is 7.19. The third-order valence-electron chi connectivity index (χ3n) is 4.47. The Bertz CT molecular complexity index is 474. The zero-order valence-corrected chi connectivity index (χ0v) is 15.0. The van der Waals surface area contributed by atoms with Gasteiger partial charge in [-0.2, -0.15) is 5.10 Å². The van der Waals surface area contributed by atoms with Crippen LogP contribution in [-0.2, 0) is 13.5 Å². The van der Waals surface area contributed by atoms with Crippen LogP contribution in [0.2, 0.25) is 0 Å². The fraction of sp³-hybridized carbons (Fsp3) is 0.786. The Kier molecular flexibility index (Phi) is 5.79. The highest BCUT2D eigenvalue weighted by Gasteiger charge is 2.26. The quantitative estimate of drug-likeness (QED) is 0.592. The third kappa shape index (κ3) is 4.04. The van der Waals surface area contributed by atoms with E-state index in [2.05, 4.69) is 50.3 Å². The maximum Gasteiger partial charge on any atom is 0.0738 e. The molecule has 2 heterocycles. The number of nitrogens with two attached hydrogens (primary N) is 1. The number of hydrogen-bond acceptors (Lipinski definition) is 5. The summed E-state index contributed by atoms with van der Waals surface area (Å²) in [4.78, 5) is 4.83. The van der Waals surface area contributed by atoms with Crippen molar-refractivity contribution >= 4 is 15.9 Å². The van der Waals surface area contributed by atoms with Gasteiger partial charge >= 0.3 is 0 Å². The summed E-state index contributed by atoms with van der Waals surface area (Å²) in [7, 11) is 6.38. The van der Waals surface area contributed by atoms with Crippen LogP contribution in [0.5, 0.6) is 0 Å². The van der Waals surface area contributed by atoms with Gasteiger partial charge in [0.05, 0.1) is 15.9 Å². The molecule has 1 aromatic heterocycles. The lowest BCUT2D eigenvalue weighted by Gasteiger charge is -2.39. The van der Waals surface area contributed by atoms with Crippen LogP contribution in [0, 0.1) is 6.92 Å². The highest BCUT2D eigenvalue weighted by molar-refractivity contribution is 9.10. The van der Waals surface area contributed by atoms with Crippen molar-refractivity contribution in [3.05, 3.63) is 15.9 Å². The lowest BCUT2D eigenvalue weighted by atomic mass is 10.00. The number of hydrazine groups is 1. The van der Waals surface area contributed by atoms with E-state index in [0.717, 1.165) is 42.6 Å². The molecular formula is C14H27BrN6. The SMILES string of the molecule is Cc1nn(C)c(CC(CC2CN(C)CCN2C)NN)c1Br. The normalized spacial score (nSPS) is 22.7. The Labute approximate surface area is 135 Å². The first-order valence-corrected chi connectivity index (χ1v) is 8.24. The first kappa shape index (κ1) is 16.9. The summed E-state index contributed by atoms with van der Waals surface area (Å²) in [5.41, 5.74) is 5.21. The summed E-state index contributed by atoms with van der Waals surface area (Å²) in [6.45, 7) is 5.37. The molecule has 6 nitrogen and oxygen atoms in total. The first-order chi connectivity index (χ1) is 9.92. The van der Waals surface area contributed by atoms with Crippen molar-refractivity contribution in [1.82, 2.24) is 25.0 Å². The molecule has 0 bridgehead atoms. The Hall–Kier alpha value is -0.470. The van der Waals surface area contributed by atoms with E-state index < -0.39 is 0 Å². The van der Waals surface area contributed by atoms with Crippen LogP contribution in [0.15, 0.2) is 4.47 Å². The summed E-state index contributed by atoms with van der Waals surface area (Å²) >= 11 is 3.63. The van der Waals surface area contributed by atoms with Gasteiger partial charge in [-0.1, -0.05) is 0 Å². The largest absolute Gasteiger partial charge is 0.304 e. The molecule has 21 heavy (non-hydrogen) atoms. The Balaban J connectivity index is 2.02. The fourth-order valence-corrected chi connectivity index (χ4v) is 3.53. The average Bonchev–Trinajstić information content (AvgIpc) is 2.68. The Morgan fingerprint density at radius 3 is 2.67 bits per heavy atom. The molecule has 1 fully saturated rings. The second-order valence-corrected chi connectivity index (χ2v) is 6.96. The molecule has 3 N–H and O–H groups in total. The number of piperazine rings is 1. The van der Waals surface area contributed by atoms with Crippen molar-refractivity contribution in [3.63, 3.8) is 0 Å². The number of halogens is 1. The van der Waals surface area contributed by atoms with Crippen molar-refractivity contribution < 1.29 is 0 Å². The molecule has 1 saturated heterocycles. The van der Waals surface area contributed by atoms with Gasteiger partial charge in [-0.3, -0.25) is 16.0 Å². The van der Waals surface area contributed by atoms with E-state index in [-0.39, 0.29) is 6.04 Å². The molecule has 2 unspecified atom stereocenters. The van der Waals surface area contributed by atoms with E-state index in [1.165, 1.54) is 5.69 Å². The van der Waals surface area contributed by atoms with Crippen molar-refractivity contribution in [2.45, 2.75) is 31.8 Å². The molecule has 0 radical (unpaired) electrons. The van der Waals surface area contributed by atoms with Crippen LogP contribution < -0.4 is 11.3 Å². The molecule has 0 amide bonds. The van der Waals surface area contributed by atoms with Crippen molar-refractivity contribution in [3.8, 4) is 0 Å². The standard InChI is InChI=1S/C14H27BrN6/c1-10-14(15)13(21(4)18-10)8-11(17-16)7-12-9-19(2)5-6-20(12)3/h11-12,17H,5-9,16H2,1-4H3. The zero-order chi connectivity index (χ0) is 15.6. The molecule has 0 saturated carbocycles. The number of likely N-dealkylation sites (N-methyl/N-ethyl adjacent to an activating group) is 2. The van der Waals surface area contributed by atoms with Gasteiger partial charge in [0.1, 0.15) is 0 Å². The molecule has 2 atom stereocenters. The summed E-state index contributed by atoms with van der Waals surface area (Å²) < 4.78 is 3.04. The van der Waals surface area contributed by atoms with Crippen LogP contribution in [0.25, 0.3) is 0 Å². The van der Waals surface area contributed by atoms with Gasteiger partial charge in [0.25, 0.3) is 0 Å². The van der Waals surface area contributed by atoms with E-state index in [0.29, 0.717) is 6.04 Å². The van der Waals surface area contributed by atoms with E-state index in [9.17, 15) is 0 Å². The minimum absolute atomic E-state index is 0.245. The number of hydrogen-bond donors (Lipinski definition) is 2. The molecule has 0 aliphatic carbocycles. The Morgan fingerprint density at radius 2 is 2.10 bits per heavy atom. The topological polar surface area (TPSA) is 62.4 Å². The molecule has 7 heteroatoms. The maximum atomic E-state index is 5.80. The van der Waals surface area contributed by atoms with Crippen molar-refractivity contribution in [2.75, 3.05) is 33.7 Å². The maximum absolute atomic E-state index is 5.80. The van der Waals surface area contributed by atoms with Gasteiger partial charge in [0, 0.05) is 45.2 Å². The van der Waals surface area contributed by atoms with Gasteiger partial charge in [-0.25, -0.2) is 0 Å². The van der Waals surface area contributed by atoms with Gasteiger partial charge in [0.2, 0.25) is 0 Å². The van der Waals surface area contributed by atoms with Gasteiger partial charge in [0.15, 0.2) is 0 Å². The first-order valence-electron chi connectivity index (χ1n) is 7.45. The smallest absolute Gasteiger partial charge is 0.0738 e. The summed E-state index contributed by atoms with van der Waals surface area (Å²) in [6.07, 6.45) is 1.91. The van der Waals surface area contributed by atoms with Crippen molar-refractivity contribution in [2.24, 2.45) is 12.9 Å². The fourth-order valence-electron chi connectivity index (χ4n) is 3.03. The molecule has 2 rings (SSSR count). The van der Waals surface area contributed by atoms with Crippen LogP contribution >= 0.6 is 15.9 Å². The molecule has 1 aliphatic heterocycles. The average molecular weight is 359 g/mol. The van der Waals surface area contributed by atoms with Crippen LogP contribution in [0.4, 0.5) is 0 Å². The molecule has 0 aromatic carbocycles. The van der Waals surface area contributed by atoms with Crippen LogP contribution in [-0.4, -0.2) is 65.4 Å². The number of rotatable bonds is 5. The Morgan fingerprint density at radius 1 is 1.38 bits per heavy atom. The highest BCUT2D eigenvalue weighted by Crippen LogP contribution is 2.23. The van der Waals surface area contributed by atoms with Gasteiger partial charge in [-0.15, -0.1) is 0 Å². The lowest BCUT2D eigenvalue weighted by Crippen LogP contribution is -2.53. The second-order valence-electron chi connectivity index (χ2n) is 6.17. The summed E-state index contributed by atoms with van der Waals surface area (Å²) in [5.74, 6) is 5.80. The van der Waals surface area contributed by atoms with Crippen LogP contribution in [0.3, 0.4) is 0 Å². The molecule has 0 spiro atoms. The molecule has 1 aromatic rings. The molecule has 1 aliphatic rings. The predicted molar refractivity (Wildman–Crippen MR) is 89.0 cm³/mol. The monoisotopic (exact) mass is 358 g/mol. The zero-order valence-electron chi connectivity index (χ0n) is 13.4. The van der Waals surface area contributed by atoms with E-state index in [1.807, 2.05) is 18.7 Å². The minimum atomic E-state index is 0.245. The third-order valence-corrected chi connectivity index (χ3v) is 5.51. The number of aromatic nitrogens is 2. The van der Waals surface area contributed by atoms with Crippen molar-refractivity contribution in [1.29, 1.82) is 0 Å².